The van der Waals surface area contributed by atoms with Crippen LogP contribution in [0.2, 0.25) is 0 Å². The SMILES string of the molecule is CCCC[S@+]([O-])N[C@@H](C)c1cc(OCC2CC2)ccc1F. The van der Waals surface area contributed by atoms with Crippen molar-refractivity contribution in [3.63, 3.8) is 0 Å². The first-order valence-electron chi connectivity index (χ1n) is 7.67. The van der Waals surface area contributed by atoms with E-state index in [0.29, 0.717) is 29.6 Å². The van der Waals surface area contributed by atoms with E-state index >= 15 is 0 Å². The molecule has 1 aliphatic carbocycles. The molecule has 0 aliphatic heterocycles. The van der Waals surface area contributed by atoms with Crippen LogP contribution in [0.15, 0.2) is 18.2 Å². The van der Waals surface area contributed by atoms with Crippen molar-refractivity contribution in [2.75, 3.05) is 12.4 Å². The zero-order valence-corrected chi connectivity index (χ0v) is 13.5. The molecule has 2 rings (SSSR count). The van der Waals surface area contributed by atoms with Crippen LogP contribution >= 0.6 is 0 Å². The summed E-state index contributed by atoms with van der Waals surface area (Å²) in [7, 11) is 0. The minimum absolute atomic E-state index is 0.290. The van der Waals surface area contributed by atoms with Crippen molar-refractivity contribution in [1.82, 2.24) is 4.72 Å². The molecule has 0 bridgehead atoms. The Hall–Kier alpha value is -0.780. The molecular weight excluding hydrogens is 289 g/mol. The summed E-state index contributed by atoms with van der Waals surface area (Å²) in [5.41, 5.74) is 0.508. The van der Waals surface area contributed by atoms with Gasteiger partial charge in [0.15, 0.2) is 0 Å². The third-order valence-electron chi connectivity index (χ3n) is 3.61. The van der Waals surface area contributed by atoms with Gasteiger partial charge in [0.05, 0.1) is 12.6 Å². The van der Waals surface area contributed by atoms with Gasteiger partial charge in [-0.3, -0.25) is 0 Å². The van der Waals surface area contributed by atoms with Crippen LogP contribution in [-0.4, -0.2) is 16.9 Å². The van der Waals surface area contributed by atoms with Crippen LogP contribution in [0.4, 0.5) is 4.39 Å². The highest BCUT2D eigenvalue weighted by molar-refractivity contribution is 7.89. The molecule has 1 aromatic rings. The summed E-state index contributed by atoms with van der Waals surface area (Å²) < 4.78 is 34.4. The summed E-state index contributed by atoms with van der Waals surface area (Å²) in [5.74, 6) is 1.66. The third-order valence-corrected chi connectivity index (χ3v) is 4.88. The molecule has 1 fully saturated rings. The van der Waals surface area contributed by atoms with Crippen molar-refractivity contribution in [1.29, 1.82) is 0 Å². The van der Waals surface area contributed by atoms with Crippen molar-refractivity contribution >= 4 is 11.4 Å². The average molecular weight is 313 g/mol. The van der Waals surface area contributed by atoms with Crippen LogP contribution in [-0.2, 0) is 11.4 Å². The summed E-state index contributed by atoms with van der Waals surface area (Å²) in [6, 6.07) is 4.49. The second-order valence-corrected chi connectivity index (χ2v) is 7.02. The molecule has 1 aliphatic rings. The highest BCUT2D eigenvalue weighted by Gasteiger charge is 2.22. The molecule has 1 saturated carbocycles. The molecule has 5 heteroatoms. The molecule has 0 aromatic heterocycles. The predicted octanol–water partition coefficient (Wildman–Crippen LogP) is 3.73. The quantitative estimate of drug-likeness (QED) is 0.707. The van der Waals surface area contributed by atoms with E-state index in [2.05, 4.69) is 11.6 Å². The summed E-state index contributed by atoms with van der Waals surface area (Å²) in [5, 5.41) is 0. The maximum Gasteiger partial charge on any atom is 0.128 e. The zero-order valence-electron chi connectivity index (χ0n) is 12.7. The lowest BCUT2D eigenvalue weighted by Gasteiger charge is -2.18. The Morgan fingerprint density at radius 3 is 2.90 bits per heavy atom. The molecule has 0 spiro atoms. The Morgan fingerprint density at radius 2 is 2.24 bits per heavy atom. The van der Waals surface area contributed by atoms with Gasteiger partial charge in [0.1, 0.15) is 17.3 Å². The number of hydrogen-bond donors (Lipinski definition) is 1. The van der Waals surface area contributed by atoms with Gasteiger partial charge >= 0.3 is 0 Å². The Morgan fingerprint density at radius 1 is 1.48 bits per heavy atom. The van der Waals surface area contributed by atoms with Crippen molar-refractivity contribution in [2.45, 2.75) is 45.6 Å². The standard InChI is InChI=1S/C16H24FNO2S/c1-3-4-9-21(19)18-12(2)15-10-14(7-8-16(15)17)20-11-13-5-6-13/h7-8,10,12-13,18H,3-6,9,11H2,1-2H3/t12-,21-/m0/s1. The largest absolute Gasteiger partial charge is 0.598 e. The number of benzene rings is 1. The molecule has 118 valence electrons. The maximum atomic E-state index is 13.9. The smallest absolute Gasteiger partial charge is 0.128 e. The van der Waals surface area contributed by atoms with Crippen molar-refractivity contribution in [2.24, 2.45) is 5.92 Å². The van der Waals surface area contributed by atoms with Crippen molar-refractivity contribution in [3.8, 4) is 5.75 Å². The molecule has 0 radical (unpaired) electrons. The minimum atomic E-state index is -1.12. The number of halogens is 1. The van der Waals surface area contributed by atoms with Gasteiger partial charge in [-0.2, -0.15) is 0 Å². The van der Waals surface area contributed by atoms with E-state index in [9.17, 15) is 8.94 Å². The van der Waals surface area contributed by atoms with Crippen molar-refractivity contribution in [3.05, 3.63) is 29.6 Å². The molecule has 3 nitrogen and oxygen atoms in total. The highest BCUT2D eigenvalue weighted by atomic mass is 32.2. The molecule has 0 amide bonds. The lowest BCUT2D eigenvalue weighted by atomic mass is 10.1. The van der Waals surface area contributed by atoms with E-state index in [1.807, 2.05) is 6.92 Å². The van der Waals surface area contributed by atoms with Gasteiger partial charge in [0, 0.05) is 16.9 Å². The fraction of sp³-hybridized carbons (Fsp3) is 0.625. The molecule has 1 aromatic carbocycles. The van der Waals surface area contributed by atoms with E-state index < -0.39 is 11.4 Å². The number of ether oxygens (including phenoxy) is 1. The van der Waals surface area contributed by atoms with E-state index in [1.165, 1.54) is 18.9 Å². The van der Waals surface area contributed by atoms with Gasteiger partial charge in [-0.25, -0.2) is 4.39 Å². The van der Waals surface area contributed by atoms with Crippen LogP contribution in [0, 0.1) is 11.7 Å². The average Bonchev–Trinajstić information content (AvgIpc) is 3.28. The zero-order chi connectivity index (χ0) is 15.2. The second-order valence-electron chi connectivity index (χ2n) is 5.68. The van der Waals surface area contributed by atoms with E-state index in [0.717, 1.165) is 12.8 Å². The number of unbranched alkanes of at least 4 members (excludes halogenated alkanes) is 1. The topological polar surface area (TPSA) is 44.3 Å². The first kappa shape index (κ1) is 16.6. The fourth-order valence-corrected chi connectivity index (χ4v) is 3.23. The molecule has 0 heterocycles. The van der Waals surface area contributed by atoms with Gasteiger partial charge < -0.3 is 9.29 Å². The van der Waals surface area contributed by atoms with Crippen LogP contribution in [0.5, 0.6) is 5.75 Å². The van der Waals surface area contributed by atoms with E-state index in [-0.39, 0.29) is 11.9 Å². The summed E-state index contributed by atoms with van der Waals surface area (Å²) in [4.78, 5) is 0. The van der Waals surface area contributed by atoms with E-state index in [4.69, 9.17) is 4.74 Å². The first-order chi connectivity index (χ1) is 10.1. The number of nitrogens with one attached hydrogen (secondary N) is 1. The van der Waals surface area contributed by atoms with Crippen LogP contribution in [0.3, 0.4) is 0 Å². The molecule has 0 unspecified atom stereocenters. The van der Waals surface area contributed by atoms with Gasteiger partial charge in [0.25, 0.3) is 0 Å². The van der Waals surface area contributed by atoms with E-state index in [1.54, 1.807) is 12.1 Å². The van der Waals surface area contributed by atoms with Crippen LogP contribution < -0.4 is 9.46 Å². The van der Waals surface area contributed by atoms with Crippen LogP contribution in [0.1, 0.15) is 51.1 Å². The normalized spacial score (nSPS) is 17.5. The Balaban J connectivity index is 1.93. The number of rotatable bonds is 9. The molecular formula is C16H24FNO2S. The third kappa shape index (κ3) is 5.49. The molecule has 1 N–H and O–H groups in total. The first-order valence-corrected chi connectivity index (χ1v) is 8.98. The lowest BCUT2D eigenvalue weighted by molar-refractivity contribution is 0.298. The lowest BCUT2D eigenvalue weighted by Crippen LogP contribution is -2.29. The Bertz CT molecular complexity index is 454. The predicted molar refractivity (Wildman–Crippen MR) is 84.1 cm³/mol. The van der Waals surface area contributed by atoms with Crippen molar-refractivity contribution < 1.29 is 13.7 Å². The van der Waals surface area contributed by atoms with Gasteiger partial charge in [0.2, 0.25) is 0 Å². The molecule has 21 heavy (non-hydrogen) atoms. The molecule has 0 saturated heterocycles. The minimum Gasteiger partial charge on any atom is -0.598 e. The Labute approximate surface area is 129 Å². The van der Waals surface area contributed by atoms with Gasteiger partial charge in [-0.1, -0.05) is 13.3 Å². The maximum absolute atomic E-state index is 13.9. The highest BCUT2D eigenvalue weighted by Crippen LogP contribution is 2.30. The number of hydrogen-bond acceptors (Lipinski definition) is 3. The Kier molecular flexibility index (Phi) is 6.33. The van der Waals surface area contributed by atoms with Crippen LogP contribution in [0.25, 0.3) is 0 Å². The molecule has 2 atom stereocenters. The second kappa shape index (κ2) is 8.01. The summed E-state index contributed by atoms with van der Waals surface area (Å²) in [6.07, 6.45) is 4.35. The van der Waals surface area contributed by atoms with Gasteiger partial charge in [-0.05, 0) is 50.3 Å². The summed E-state index contributed by atoms with van der Waals surface area (Å²) in [6.45, 7) is 4.59. The van der Waals surface area contributed by atoms with Gasteiger partial charge in [-0.15, -0.1) is 4.72 Å². The fourth-order valence-electron chi connectivity index (χ4n) is 2.04. The monoisotopic (exact) mass is 313 g/mol. The summed E-state index contributed by atoms with van der Waals surface area (Å²) >= 11 is -1.12.